The minimum Gasteiger partial charge on any atom is -0.300 e. The molecule has 1 spiro atoms. The van der Waals surface area contributed by atoms with E-state index in [1.165, 1.54) is 38.8 Å². The van der Waals surface area contributed by atoms with Crippen molar-refractivity contribution in [3.05, 3.63) is 0 Å². The van der Waals surface area contributed by atoms with E-state index in [9.17, 15) is 0 Å². The van der Waals surface area contributed by atoms with Crippen LogP contribution in [-0.2, 0) is 0 Å². The molecular formula is C14H29N. The predicted octanol–water partition coefficient (Wildman–Crippen LogP) is 3.93. The van der Waals surface area contributed by atoms with Crippen LogP contribution in [0, 0.1) is 11.3 Å². The Morgan fingerprint density at radius 1 is 1.20 bits per heavy atom. The molecule has 1 aliphatic heterocycles. The molecule has 15 heavy (non-hydrogen) atoms. The highest BCUT2D eigenvalue weighted by Gasteiger charge is 2.42. The van der Waals surface area contributed by atoms with Crippen molar-refractivity contribution in [3.63, 3.8) is 0 Å². The first kappa shape index (κ1) is 13.0. The summed E-state index contributed by atoms with van der Waals surface area (Å²) < 4.78 is 0. The third kappa shape index (κ3) is 2.96. The van der Waals surface area contributed by atoms with Gasteiger partial charge in [0.15, 0.2) is 0 Å². The molecule has 0 aromatic heterocycles. The summed E-state index contributed by atoms with van der Waals surface area (Å²) in [5.41, 5.74) is 0.740. The summed E-state index contributed by atoms with van der Waals surface area (Å²) in [5, 5.41) is 0. The molecule has 2 fully saturated rings. The van der Waals surface area contributed by atoms with Crippen molar-refractivity contribution >= 4 is 0 Å². The number of likely N-dealkylation sites (tertiary alicyclic amines) is 1. The average Bonchev–Trinajstić information content (AvgIpc) is 2.78. The molecule has 0 amide bonds. The quantitative estimate of drug-likeness (QED) is 0.635. The standard InChI is InChI=1S/C12H23N.C2H6/c1-10(2)13-7-6-12(9-13)5-4-11(3)8-12;1-2/h10-11H,4-9H2,1-3H3;1-2H3. The molecule has 1 heterocycles. The molecule has 2 aliphatic rings. The Kier molecular flexibility index (Phi) is 4.64. The summed E-state index contributed by atoms with van der Waals surface area (Å²) in [6.45, 7) is 13.8. The Bertz CT molecular complexity index is 188. The number of rotatable bonds is 1. The molecule has 0 aromatic rings. The zero-order valence-corrected chi connectivity index (χ0v) is 11.3. The van der Waals surface area contributed by atoms with Crippen molar-refractivity contribution in [2.45, 2.75) is 66.3 Å². The third-order valence-electron chi connectivity index (χ3n) is 4.15. The first-order valence-electron chi connectivity index (χ1n) is 6.85. The molecule has 0 radical (unpaired) electrons. The van der Waals surface area contributed by atoms with E-state index in [0.29, 0.717) is 0 Å². The molecule has 2 rings (SSSR count). The van der Waals surface area contributed by atoms with Gasteiger partial charge in [-0.05, 0) is 51.0 Å². The van der Waals surface area contributed by atoms with Crippen LogP contribution in [-0.4, -0.2) is 24.0 Å². The van der Waals surface area contributed by atoms with Gasteiger partial charge in [0, 0.05) is 12.6 Å². The Balaban J connectivity index is 0.000000531. The molecule has 0 N–H and O–H groups in total. The largest absolute Gasteiger partial charge is 0.300 e. The Morgan fingerprint density at radius 3 is 2.27 bits per heavy atom. The maximum atomic E-state index is 2.66. The number of nitrogens with zero attached hydrogens (tertiary/aromatic N) is 1. The molecule has 1 aliphatic carbocycles. The molecule has 0 bridgehead atoms. The lowest BCUT2D eigenvalue weighted by atomic mass is 9.85. The van der Waals surface area contributed by atoms with Crippen LogP contribution in [0.4, 0.5) is 0 Å². The molecule has 90 valence electrons. The highest BCUT2D eigenvalue weighted by atomic mass is 15.2. The second kappa shape index (κ2) is 5.34. The van der Waals surface area contributed by atoms with Crippen LogP contribution in [0.2, 0.25) is 0 Å². The Hall–Kier alpha value is -0.0400. The molecule has 2 atom stereocenters. The van der Waals surface area contributed by atoms with Crippen LogP contribution >= 0.6 is 0 Å². The SMILES string of the molecule is CC.CC1CCC2(CCN(C(C)C)C2)C1. The number of hydrogen-bond acceptors (Lipinski definition) is 1. The lowest BCUT2D eigenvalue weighted by Crippen LogP contribution is -2.31. The molecule has 1 heteroatoms. The van der Waals surface area contributed by atoms with Crippen LogP contribution in [0.15, 0.2) is 0 Å². The monoisotopic (exact) mass is 211 g/mol. The summed E-state index contributed by atoms with van der Waals surface area (Å²) in [7, 11) is 0. The summed E-state index contributed by atoms with van der Waals surface area (Å²) in [5.74, 6) is 0.993. The lowest BCUT2D eigenvalue weighted by Gasteiger charge is -2.26. The molecule has 0 aromatic carbocycles. The van der Waals surface area contributed by atoms with E-state index in [4.69, 9.17) is 0 Å². The average molecular weight is 211 g/mol. The van der Waals surface area contributed by atoms with E-state index in [-0.39, 0.29) is 0 Å². The van der Waals surface area contributed by atoms with Gasteiger partial charge >= 0.3 is 0 Å². The van der Waals surface area contributed by atoms with Crippen molar-refractivity contribution in [1.29, 1.82) is 0 Å². The van der Waals surface area contributed by atoms with Gasteiger partial charge in [0.1, 0.15) is 0 Å². The van der Waals surface area contributed by atoms with Crippen molar-refractivity contribution in [3.8, 4) is 0 Å². The summed E-state index contributed by atoms with van der Waals surface area (Å²) in [6.07, 6.45) is 5.94. The highest BCUT2D eigenvalue weighted by Crippen LogP contribution is 2.48. The van der Waals surface area contributed by atoms with E-state index in [2.05, 4.69) is 25.7 Å². The summed E-state index contributed by atoms with van der Waals surface area (Å²) in [6, 6.07) is 0.760. The van der Waals surface area contributed by atoms with E-state index >= 15 is 0 Å². The van der Waals surface area contributed by atoms with Crippen molar-refractivity contribution in [2.75, 3.05) is 13.1 Å². The van der Waals surface area contributed by atoms with Gasteiger partial charge in [-0.25, -0.2) is 0 Å². The fourth-order valence-corrected chi connectivity index (χ4v) is 3.28. The first-order chi connectivity index (χ1) is 7.11. The topological polar surface area (TPSA) is 3.24 Å². The minimum absolute atomic E-state index is 0.740. The van der Waals surface area contributed by atoms with Crippen LogP contribution in [0.25, 0.3) is 0 Å². The Morgan fingerprint density at radius 2 is 1.87 bits per heavy atom. The van der Waals surface area contributed by atoms with Gasteiger partial charge in [-0.15, -0.1) is 0 Å². The smallest absolute Gasteiger partial charge is 0.00413 e. The zero-order valence-electron chi connectivity index (χ0n) is 11.3. The predicted molar refractivity (Wildman–Crippen MR) is 68.1 cm³/mol. The molecule has 1 nitrogen and oxygen atoms in total. The second-order valence-electron chi connectivity index (χ2n) is 5.66. The van der Waals surface area contributed by atoms with Crippen molar-refractivity contribution in [1.82, 2.24) is 4.90 Å². The van der Waals surface area contributed by atoms with E-state index in [0.717, 1.165) is 17.4 Å². The Labute approximate surface area is 96.2 Å². The second-order valence-corrected chi connectivity index (χ2v) is 5.66. The van der Waals surface area contributed by atoms with Gasteiger partial charge < -0.3 is 4.90 Å². The highest BCUT2D eigenvalue weighted by molar-refractivity contribution is 4.95. The summed E-state index contributed by atoms with van der Waals surface area (Å²) >= 11 is 0. The maximum Gasteiger partial charge on any atom is 0.00413 e. The minimum atomic E-state index is 0.740. The van der Waals surface area contributed by atoms with Crippen LogP contribution in [0.3, 0.4) is 0 Å². The van der Waals surface area contributed by atoms with Gasteiger partial charge in [0.2, 0.25) is 0 Å². The number of hydrogen-bond donors (Lipinski definition) is 0. The molecular weight excluding hydrogens is 182 g/mol. The van der Waals surface area contributed by atoms with Crippen LogP contribution < -0.4 is 0 Å². The lowest BCUT2D eigenvalue weighted by molar-refractivity contribution is 0.222. The van der Waals surface area contributed by atoms with Crippen LogP contribution in [0.1, 0.15) is 60.3 Å². The third-order valence-corrected chi connectivity index (χ3v) is 4.15. The van der Waals surface area contributed by atoms with Crippen molar-refractivity contribution < 1.29 is 0 Å². The zero-order chi connectivity index (χ0) is 11.5. The normalized spacial score (nSPS) is 36.0. The van der Waals surface area contributed by atoms with E-state index in [1.54, 1.807) is 0 Å². The first-order valence-corrected chi connectivity index (χ1v) is 6.85. The fraction of sp³-hybridized carbons (Fsp3) is 1.00. The maximum absolute atomic E-state index is 2.66. The summed E-state index contributed by atoms with van der Waals surface area (Å²) in [4.78, 5) is 2.66. The van der Waals surface area contributed by atoms with Gasteiger partial charge in [-0.3, -0.25) is 0 Å². The fourth-order valence-electron chi connectivity index (χ4n) is 3.28. The molecule has 1 saturated carbocycles. The van der Waals surface area contributed by atoms with Gasteiger partial charge in [0.05, 0.1) is 0 Å². The van der Waals surface area contributed by atoms with Gasteiger partial charge in [-0.1, -0.05) is 27.2 Å². The van der Waals surface area contributed by atoms with E-state index < -0.39 is 0 Å². The van der Waals surface area contributed by atoms with Crippen molar-refractivity contribution in [2.24, 2.45) is 11.3 Å². The molecule has 1 saturated heterocycles. The van der Waals surface area contributed by atoms with Gasteiger partial charge in [0.25, 0.3) is 0 Å². The molecule has 2 unspecified atom stereocenters. The van der Waals surface area contributed by atoms with E-state index in [1.807, 2.05) is 13.8 Å². The van der Waals surface area contributed by atoms with Crippen LogP contribution in [0.5, 0.6) is 0 Å². The van der Waals surface area contributed by atoms with Gasteiger partial charge in [-0.2, -0.15) is 0 Å².